The number of carbonyl (C=O) groups excluding carboxylic acids is 1. The van der Waals surface area contributed by atoms with E-state index in [1.54, 1.807) is 36.4 Å². The van der Waals surface area contributed by atoms with Gasteiger partial charge in [0.05, 0.1) is 16.3 Å². The molecule has 0 spiro atoms. The molecule has 0 radical (unpaired) electrons. The first kappa shape index (κ1) is 24.3. The van der Waals surface area contributed by atoms with Crippen molar-refractivity contribution in [2.24, 2.45) is 16.1 Å². The Balaban J connectivity index is 1.71. The molecule has 1 amide bonds. The molecule has 0 aliphatic rings. The van der Waals surface area contributed by atoms with Gasteiger partial charge in [-0.3, -0.25) is 4.79 Å². The molecule has 3 aromatic carbocycles. The SMILES string of the molecule is CC[C@@H](C)[C@H](NS(=O)(=O)c1ccc(C)cc1)C(=O)Nc1ccc(N=Nc2ccccc2)cc1. The van der Waals surface area contributed by atoms with Crippen molar-refractivity contribution < 1.29 is 13.2 Å². The van der Waals surface area contributed by atoms with Gasteiger partial charge in [0.2, 0.25) is 15.9 Å². The monoisotopic (exact) mass is 464 g/mol. The topological polar surface area (TPSA) is 100.0 Å². The molecule has 0 saturated carbocycles. The molecule has 0 fully saturated rings. The molecule has 2 N–H and O–H groups in total. The van der Waals surface area contributed by atoms with E-state index < -0.39 is 22.0 Å². The van der Waals surface area contributed by atoms with E-state index in [-0.39, 0.29) is 10.8 Å². The summed E-state index contributed by atoms with van der Waals surface area (Å²) < 4.78 is 28.3. The van der Waals surface area contributed by atoms with E-state index in [2.05, 4.69) is 20.3 Å². The summed E-state index contributed by atoms with van der Waals surface area (Å²) in [6, 6.07) is 21.9. The summed E-state index contributed by atoms with van der Waals surface area (Å²) in [4.78, 5) is 13.1. The van der Waals surface area contributed by atoms with Gasteiger partial charge in [-0.1, -0.05) is 56.2 Å². The van der Waals surface area contributed by atoms with Crippen molar-refractivity contribution in [3.63, 3.8) is 0 Å². The van der Waals surface area contributed by atoms with Crippen LogP contribution in [0.25, 0.3) is 0 Å². The second kappa shape index (κ2) is 11.0. The van der Waals surface area contributed by atoms with Crippen LogP contribution in [0.15, 0.2) is 94.0 Å². The summed E-state index contributed by atoms with van der Waals surface area (Å²) in [6.45, 7) is 5.64. The van der Waals surface area contributed by atoms with Gasteiger partial charge in [-0.15, -0.1) is 0 Å². The fourth-order valence-corrected chi connectivity index (χ4v) is 4.36. The van der Waals surface area contributed by atoms with Gasteiger partial charge in [-0.25, -0.2) is 8.42 Å². The van der Waals surface area contributed by atoms with Crippen molar-refractivity contribution in [2.45, 2.75) is 38.1 Å². The first-order valence-electron chi connectivity index (χ1n) is 10.7. The molecule has 7 nitrogen and oxygen atoms in total. The van der Waals surface area contributed by atoms with Gasteiger partial charge in [-0.05, 0) is 61.4 Å². The molecule has 0 aromatic heterocycles. The third-order valence-electron chi connectivity index (χ3n) is 5.28. The summed E-state index contributed by atoms with van der Waals surface area (Å²) in [6.07, 6.45) is 0.632. The molecule has 33 heavy (non-hydrogen) atoms. The van der Waals surface area contributed by atoms with Crippen LogP contribution in [-0.2, 0) is 14.8 Å². The van der Waals surface area contributed by atoms with E-state index in [1.807, 2.05) is 51.1 Å². The summed E-state index contributed by atoms with van der Waals surface area (Å²) in [5, 5.41) is 11.2. The largest absolute Gasteiger partial charge is 0.325 e. The minimum absolute atomic E-state index is 0.127. The Labute approximate surface area is 195 Å². The molecule has 8 heteroatoms. The van der Waals surface area contributed by atoms with Gasteiger partial charge in [0, 0.05) is 5.69 Å². The number of nitrogens with zero attached hydrogens (tertiary/aromatic N) is 2. The lowest BCUT2D eigenvalue weighted by Gasteiger charge is -2.23. The van der Waals surface area contributed by atoms with E-state index in [0.717, 1.165) is 11.3 Å². The van der Waals surface area contributed by atoms with Crippen molar-refractivity contribution in [1.29, 1.82) is 0 Å². The molecule has 3 aromatic rings. The van der Waals surface area contributed by atoms with Gasteiger partial charge >= 0.3 is 0 Å². The Kier molecular flexibility index (Phi) is 8.08. The molecule has 0 saturated heterocycles. The number of azo groups is 1. The molecule has 2 atom stereocenters. The van der Waals surface area contributed by atoms with E-state index in [0.29, 0.717) is 17.8 Å². The Hall–Kier alpha value is -3.36. The van der Waals surface area contributed by atoms with Crippen molar-refractivity contribution in [1.82, 2.24) is 4.72 Å². The Morgan fingerprint density at radius 1 is 0.879 bits per heavy atom. The van der Waals surface area contributed by atoms with Gasteiger partial charge in [0.25, 0.3) is 0 Å². The van der Waals surface area contributed by atoms with E-state index in [4.69, 9.17) is 0 Å². The first-order valence-corrected chi connectivity index (χ1v) is 12.2. The second-order valence-corrected chi connectivity index (χ2v) is 9.58. The van der Waals surface area contributed by atoms with Crippen LogP contribution in [0.3, 0.4) is 0 Å². The molecular weight excluding hydrogens is 436 g/mol. The number of aryl methyl sites for hydroxylation is 1. The smallest absolute Gasteiger partial charge is 0.242 e. The highest BCUT2D eigenvalue weighted by molar-refractivity contribution is 7.89. The summed E-state index contributed by atoms with van der Waals surface area (Å²) in [5.41, 5.74) is 2.88. The van der Waals surface area contributed by atoms with Gasteiger partial charge in [0.15, 0.2) is 0 Å². The molecule has 172 valence electrons. The Morgan fingerprint density at radius 3 is 2.03 bits per heavy atom. The molecule has 0 aliphatic heterocycles. The quantitative estimate of drug-likeness (QED) is 0.395. The van der Waals surface area contributed by atoms with Crippen molar-refractivity contribution in [2.75, 3.05) is 5.32 Å². The second-order valence-electron chi connectivity index (χ2n) is 7.87. The minimum Gasteiger partial charge on any atom is -0.325 e. The van der Waals surface area contributed by atoms with Crippen LogP contribution in [0, 0.1) is 12.8 Å². The number of amides is 1. The van der Waals surface area contributed by atoms with Crippen LogP contribution in [-0.4, -0.2) is 20.4 Å². The number of rotatable bonds is 9. The fourth-order valence-electron chi connectivity index (χ4n) is 3.06. The van der Waals surface area contributed by atoms with Crippen LogP contribution in [0.5, 0.6) is 0 Å². The molecule has 3 rings (SSSR count). The van der Waals surface area contributed by atoms with E-state index in [1.165, 1.54) is 12.1 Å². The maximum atomic E-state index is 13.0. The standard InChI is InChI=1S/C25H28N4O3S/c1-4-19(3)24(29-33(31,32)23-16-10-18(2)11-17-23)25(30)26-20-12-14-22(15-13-20)28-27-21-8-6-5-7-9-21/h5-17,19,24,29H,4H2,1-3H3,(H,26,30)/t19-,24+/m1/s1. The number of hydrogen-bond donors (Lipinski definition) is 2. The van der Waals surface area contributed by atoms with Gasteiger partial charge < -0.3 is 5.32 Å². The average Bonchev–Trinajstić information content (AvgIpc) is 2.82. The number of benzene rings is 3. The average molecular weight is 465 g/mol. The van der Waals surface area contributed by atoms with Gasteiger partial charge in [0.1, 0.15) is 6.04 Å². The number of sulfonamides is 1. The number of hydrogen-bond acceptors (Lipinski definition) is 5. The highest BCUT2D eigenvalue weighted by Crippen LogP contribution is 2.21. The molecule has 0 bridgehead atoms. The maximum Gasteiger partial charge on any atom is 0.242 e. The summed E-state index contributed by atoms with van der Waals surface area (Å²) >= 11 is 0. The lowest BCUT2D eigenvalue weighted by atomic mass is 9.99. The van der Waals surface area contributed by atoms with Crippen molar-refractivity contribution >= 4 is 33.0 Å². The normalized spacial score (nSPS) is 13.5. The highest BCUT2D eigenvalue weighted by atomic mass is 32.2. The number of carbonyl (C=O) groups is 1. The van der Waals surface area contributed by atoms with E-state index >= 15 is 0 Å². The number of anilines is 1. The molecule has 0 heterocycles. The Morgan fingerprint density at radius 2 is 1.45 bits per heavy atom. The highest BCUT2D eigenvalue weighted by Gasteiger charge is 2.29. The lowest BCUT2D eigenvalue weighted by Crippen LogP contribution is -2.47. The minimum atomic E-state index is -3.85. The van der Waals surface area contributed by atoms with Crippen molar-refractivity contribution in [3.05, 3.63) is 84.4 Å². The van der Waals surface area contributed by atoms with Crippen LogP contribution in [0.1, 0.15) is 25.8 Å². The molecular formula is C25H28N4O3S. The number of nitrogens with one attached hydrogen (secondary N) is 2. The zero-order valence-corrected chi connectivity index (χ0v) is 19.7. The summed E-state index contributed by atoms with van der Waals surface area (Å²) in [7, 11) is -3.85. The molecule has 0 unspecified atom stereocenters. The zero-order chi connectivity index (χ0) is 23.8. The zero-order valence-electron chi connectivity index (χ0n) is 18.9. The third-order valence-corrected chi connectivity index (χ3v) is 6.74. The fraction of sp³-hybridized carbons (Fsp3) is 0.240. The third kappa shape index (κ3) is 6.81. The van der Waals surface area contributed by atoms with Crippen LogP contribution in [0.2, 0.25) is 0 Å². The Bertz CT molecular complexity index is 1190. The maximum absolute atomic E-state index is 13.0. The van der Waals surface area contributed by atoms with Crippen LogP contribution < -0.4 is 10.0 Å². The van der Waals surface area contributed by atoms with Crippen LogP contribution in [0.4, 0.5) is 17.1 Å². The van der Waals surface area contributed by atoms with E-state index in [9.17, 15) is 13.2 Å². The van der Waals surface area contributed by atoms with Gasteiger partial charge in [-0.2, -0.15) is 15.0 Å². The molecule has 0 aliphatic carbocycles. The predicted octanol–water partition coefficient (Wildman–Crippen LogP) is 5.74. The first-order chi connectivity index (χ1) is 15.8. The lowest BCUT2D eigenvalue weighted by molar-refractivity contribution is -0.118. The van der Waals surface area contributed by atoms with Crippen LogP contribution >= 0.6 is 0 Å². The summed E-state index contributed by atoms with van der Waals surface area (Å²) in [5.74, 6) is -0.622. The predicted molar refractivity (Wildman–Crippen MR) is 130 cm³/mol. The van der Waals surface area contributed by atoms with Crippen molar-refractivity contribution in [3.8, 4) is 0 Å².